The van der Waals surface area contributed by atoms with Crippen molar-refractivity contribution in [3.05, 3.63) is 0 Å². The summed E-state index contributed by atoms with van der Waals surface area (Å²) < 4.78 is 0. The maximum atomic E-state index is 11.4. The number of hydrogen-bond acceptors (Lipinski definition) is 3. The van der Waals surface area contributed by atoms with Gasteiger partial charge in [0.2, 0.25) is 5.91 Å². The number of carbonyl (C=O) groups excluding carboxylic acids is 2. The molecule has 1 fully saturated rings. The van der Waals surface area contributed by atoms with Gasteiger partial charge in [-0.3, -0.25) is 4.79 Å². The third-order valence-corrected chi connectivity index (χ3v) is 2.27. The monoisotopic (exact) mass is 200 g/mol. The summed E-state index contributed by atoms with van der Waals surface area (Å²) >= 11 is 0. The number of primary amides is 1. The maximum Gasteiger partial charge on any atom is 0.312 e. The van der Waals surface area contributed by atoms with Crippen LogP contribution in [0, 0.1) is 0 Å². The van der Waals surface area contributed by atoms with Crippen LogP contribution in [0.5, 0.6) is 0 Å². The largest absolute Gasteiger partial charge is 0.352 e. The van der Waals surface area contributed by atoms with Gasteiger partial charge in [0.05, 0.1) is 6.54 Å². The molecular formula is C8H16N4O2. The van der Waals surface area contributed by atoms with Gasteiger partial charge in [-0.2, -0.15) is 0 Å². The van der Waals surface area contributed by atoms with Gasteiger partial charge >= 0.3 is 6.03 Å². The third-order valence-electron chi connectivity index (χ3n) is 2.27. The number of nitrogens with two attached hydrogens (primary N) is 1. The first-order chi connectivity index (χ1) is 6.59. The summed E-state index contributed by atoms with van der Waals surface area (Å²) in [6, 6.07) is -0.660. The highest BCUT2D eigenvalue weighted by atomic mass is 16.2. The molecule has 0 aromatic rings. The standard InChI is InChI=1S/C8H16N4O2/c1-11-2-4-12(5-3-11)7(13)6-10-8(9)14/h2-6H2,1H3,(H3,9,10,14). The average Bonchev–Trinajstić information content (AvgIpc) is 2.15. The molecule has 0 saturated carbocycles. The van der Waals surface area contributed by atoms with Crippen LogP contribution in [0.2, 0.25) is 0 Å². The fourth-order valence-electron chi connectivity index (χ4n) is 1.33. The quantitative estimate of drug-likeness (QED) is 0.565. The molecule has 0 aromatic carbocycles. The van der Waals surface area contributed by atoms with Gasteiger partial charge in [-0.1, -0.05) is 0 Å². The zero-order valence-electron chi connectivity index (χ0n) is 8.32. The van der Waals surface area contributed by atoms with Crippen molar-refractivity contribution in [2.24, 2.45) is 5.73 Å². The summed E-state index contributed by atoms with van der Waals surface area (Å²) in [7, 11) is 2.02. The van der Waals surface area contributed by atoms with E-state index in [1.165, 1.54) is 0 Å². The Kier molecular flexibility index (Phi) is 3.70. The van der Waals surface area contributed by atoms with Crippen LogP contribution in [0.1, 0.15) is 0 Å². The summed E-state index contributed by atoms with van der Waals surface area (Å²) in [5.74, 6) is -0.0723. The van der Waals surface area contributed by atoms with Crippen molar-refractivity contribution in [1.29, 1.82) is 0 Å². The first-order valence-corrected chi connectivity index (χ1v) is 4.59. The van der Waals surface area contributed by atoms with E-state index in [4.69, 9.17) is 5.73 Å². The van der Waals surface area contributed by atoms with E-state index in [9.17, 15) is 9.59 Å². The number of nitrogens with zero attached hydrogens (tertiary/aromatic N) is 2. The van der Waals surface area contributed by atoms with Crippen LogP contribution in [-0.4, -0.2) is 61.5 Å². The molecule has 0 radical (unpaired) electrons. The van der Waals surface area contributed by atoms with Crippen LogP contribution in [0.15, 0.2) is 0 Å². The normalized spacial score (nSPS) is 17.9. The van der Waals surface area contributed by atoms with E-state index < -0.39 is 6.03 Å². The minimum absolute atomic E-state index is 0.000945. The lowest BCUT2D eigenvalue weighted by molar-refractivity contribution is -0.131. The first-order valence-electron chi connectivity index (χ1n) is 4.59. The second-order valence-corrected chi connectivity index (χ2v) is 3.40. The Labute approximate surface area is 83.0 Å². The molecule has 0 unspecified atom stereocenters. The molecule has 80 valence electrons. The van der Waals surface area contributed by atoms with Crippen molar-refractivity contribution in [3.63, 3.8) is 0 Å². The second-order valence-electron chi connectivity index (χ2n) is 3.40. The van der Waals surface area contributed by atoms with Crippen molar-refractivity contribution in [1.82, 2.24) is 15.1 Å². The van der Waals surface area contributed by atoms with Crippen molar-refractivity contribution >= 4 is 11.9 Å². The Morgan fingerprint density at radius 2 is 1.86 bits per heavy atom. The molecule has 3 amide bonds. The van der Waals surface area contributed by atoms with E-state index >= 15 is 0 Å². The molecule has 3 N–H and O–H groups in total. The average molecular weight is 200 g/mol. The fourth-order valence-corrected chi connectivity index (χ4v) is 1.33. The Morgan fingerprint density at radius 3 is 2.36 bits per heavy atom. The van der Waals surface area contributed by atoms with Crippen LogP contribution in [0.4, 0.5) is 4.79 Å². The van der Waals surface area contributed by atoms with Gasteiger partial charge in [-0.15, -0.1) is 0 Å². The molecule has 1 aliphatic rings. The lowest BCUT2D eigenvalue weighted by atomic mass is 10.3. The second kappa shape index (κ2) is 4.80. The fraction of sp³-hybridized carbons (Fsp3) is 0.750. The zero-order chi connectivity index (χ0) is 10.6. The van der Waals surface area contributed by atoms with Crippen LogP contribution >= 0.6 is 0 Å². The van der Waals surface area contributed by atoms with Gasteiger partial charge in [-0.05, 0) is 7.05 Å². The van der Waals surface area contributed by atoms with Crippen molar-refractivity contribution in [3.8, 4) is 0 Å². The predicted molar refractivity (Wildman–Crippen MR) is 51.7 cm³/mol. The molecule has 14 heavy (non-hydrogen) atoms. The van der Waals surface area contributed by atoms with E-state index in [-0.39, 0.29) is 12.5 Å². The SMILES string of the molecule is CN1CCN(C(=O)CNC(N)=O)CC1. The van der Waals surface area contributed by atoms with Gasteiger partial charge in [-0.25, -0.2) is 4.79 Å². The zero-order valence-corrected chi connectivity index (χ0v) is 8.32. The van der Waals surface area contributed by atoms with Crippen molar-refractivity contribution in [2.75, 3.05) is 39.8 Å². The Hall–Kier alpha value is -1.30. The maximum absolute atomic E-state index is 11.4. The minimum atomic E-state index is -0.660. The number of likely N-dealkylation sites (N-methyl/N-ethyl adjacent to an activating group) is 1. The van der Waals surface area contributed by atoms with Crippen molar-refractivity contribution < 1.29 is 9.59 Å². The van der Waals surface area contributed by atoms with Gasteiger partial charge in [0.15, 0.2) is 0 Å². The smallest absolute Gasteiger partial charge is 0.312 e. The van der Waals surface area contributed by atoms with Gasteiger partial charge in [0, 0.05) is 26.2 Å². The summed E-state index contributed by atoms with van der Waals surface area (Å²) in [5, 5.41) is 2.29. The van der Waals surface area contributed by atoms with Crippen LogP contribution in [-0.2, 0) is 4.79 Å². The van der Waals surface area contributed by atoms with E-state index in [0.717, 1.165) is 26.2 Å². The Bertz CT molecular complexity index is 223. The Morgan fingerprint density at radius 1 is 1.29 bits per heavy atom. The molecule has 0 spiro atoms. The molecule has 0 atom stereocenters. The van der Waals surface area contributed by atoms with E-state index in [1.807, 2.05) is 7.05 Å². The number of nitrogens with one attached hydrogen (secondary N) is 1. The highest BCUT2D eigenvalue weighted by Gasteiger charge is 2.18. The number of urea groups is 1. The molecule has 6 nitrogen and oxygen atoms in total. The molecule has 0 aromatic heterocycles. The lowest BCUT2D eigenvalue weighted by Gasteiger charge is -2.32. The molecule has 0 bridgehead atoms. The minimum Gasteiger partial charge on any atom is -0.352 e. The van der Waals surface area contributed by atoms with Gasteiger partial charge < -0.3 is 20.9 Å². The summed E-state index contributed by atoms with van der Waals surface area (Å²) in [6.45, 7) is 3.19. The molecule has 6 heteroatoms. The Balaban J connectivity index is 2.27. The molecule has 0 aliphatic carbocycles. The van der Waals surface area contributed by atoms with E-state index in [1.54, 1.807) is 4.90 Å². The predicted octanol–water partition coefficient (Wildman–Crippen LogP) is -1.57. The number of amides is 3. The van der Waals surface area contributed by atoms with Crippen LogP contribution in [0.3, 0.4) is 0 Å². The number of rotatable bonds is 2. The lowest BCUT2D eigenvalue weighted by Crippen LogP contribution is -2.50. The molecule has 1 aliphatic heterocycles. The molecule has 1 saturated heterocycles. The summed E-state index contributed by atoms with van der Waals surface area (Å²) in [5.41, 5.74) is 4.86. The molecule has 1 rings (SSSR count). The van der Waals surface area contributed by atoms with E-state index in [2.05, 4.69) is 10.2 Å². The van der Waals surface area contributed by atoms with E-state index in [0.29, 0.717) is 0 Å². The van der Waals surface area contributed by atoms with Crippen LogP contribution < -0.4 is 11.1 Å². The summed E-state index contributed by atoms with van der Waals surface area (Å²) in [4.78, 5) is 25.7. The third kappa shape index (κ3) is 3.21. The number of carbonyl (C=O) groups is 2. The number of piperazine rings is 1. The van der Waals surface area contributed by atoms with Gasteiger partial charge in [0.25, 0.3) is 0 Å². The molecule has 1 heterocycles. The van der Waals surface area contributed by atoms with Crippen LogP contribution in [0.25, 0.3) is 0 Å². The highest BCUT2D eigenvalue weighted by Crippen LogP contribution is 1.98. The first kappa shape index (κ1) is 10.8. The topological polar surface area (TPSA) is 78.7 Å². The van der Waals surface area contributed by atoms with Crippen molar-refractivity contribution in [2.45, 2.75) is 0 Å². The molecular weight excluding hydrogens is 184 g/mol. The van der Waals surface area contributed by atoms with Gasteiger partial charge in [0.1, 0.15) is 0 Å². The summed E-state index contributed by atoms with van der Waals surface area (Å²) in [6.07, 6.45) is 0. The highest BCUT2D eigenvalue weighted by molar-refractivity contribution is 5.83. The number of hydrogen-bond donors (Lipinski definition) is 2.